The lowest BCUT2D eigenvalue weighted by atomic mass is 10.1. The number of benzene rings is 1. The normalized spacial score (nSPS) is 14.2. The molecule has 0 fully saturated rings. The average molecular weight is 262 g/mol. The summed E-state index contributed by atoms with van der Waals surface area (Å²) in [5.41, 5.74) is 2.82. The van der Waals surface area contributed by atoms with Gasteiger partial charge in [0.25, 0.3) is 0 Å². The fraction of sp³-hybridized carbons (Fsp3) is 0.533. The molecule has 1 amide bonds. The lowest BCUT2D eigenvalue weighted by molar-refractivity contribution is 0.0584. The highest BCUT2D eigenvalue weighted by atomic mass is 16.6. The third kappa shape index (κ3) is 3.19. The van der Waals surface area contributed by atoms with Crippen LogP contribution in [0.25, 0.3) is 0 Å². The van der Waals surface area contributed by atoms with Crippen molar-refractivity contribution < 1.29 is 9.53 Å². The minimum Gasteiger partial charge on any atom is -0.443 e. The molecule has 1 heterocycles. The zero-order valence-electron chi connectivity index (χ0n) is 12.1. The van der Waals surface area contributed by atoms with E-state index in [4.69, 9.17) is 4.74 Å². The number of ether oxygens (including phenoxy) is 1. The molecule has 0 aromatic heterocycles. The summed E-state index contributed by atoms with van der Waals surface area (Å²) in [6.45, 7) is 9.32. The molecule has 0 atom stereocenters. The van der Waals surface area contributed by atoms with Gasteiger partial charge in [-0.05, 0) is 57.9 Å². The summed E-state index contributed by atoms with van der Waals surface area (Å²) in [6.07, 6.45) is 0.621. The van der Waals surface area contributed by atoms with Crippen molar-refractivity contribution in [1.82, 2.24) is 0 Å². The van der Waals surface area contributed by atoms with Crippen LogP contribution in [0.15, 0.2) is 18.2 Å². The Labute approximate surface area is 114 Å². The summed E-state index contributed by atoms with van der Waals surface area (Å²) < 4.78 is 5.43. The number of rotatable bonds is 2. The Morgan fingerprint density at radius 1 is 1.42 bits per heavy atom. The maximum atomic E-state index is 12.1. The Hall–Kier alpha value is -1.71. The van der Waals surface area contributed by atoms with E-state index in [1.54, 1.807) is 4.90 Å². The zero-order chi connectivity index (χ0) is 14.0. The molecular formula is C15H22N2O2. The first-order valence-electron chi connectivity index (χ1n) is 6.78. The van der Waals surface area contributed by atoms with E-state index in [2.05, 4.69) is 18.3 Å². The number of hydrogen-bond acceptors (Lipinski definition) is 3. The lowest BCUT2D eigenvalue weighted by Gasteiger charge is -2.24. The molecule has 104 valence electrons. The Bertz CT molecular complexity index is 478. The van der Waals surface area contributed by atoms with Gasteiger partial charge < -0.3 is 10.1 Å². The average Bonchev–Trinajstić information content (AvgIpc) is 2.70. The molecule has 1 aromatic carbocycles. The molecule has 0 radical (unpaired) electrons. The third-order valence-electron chi connectivity index (χ3n) is 2.97. The van der Waals surface area contributed by atoms with Crippen LogP contribution in [-0.2, 0) is 11.2 Å². The molecular weight excluding hydrogens is 240 g/mol. The van der Waals surface area contributed by atoms with Crippen LogP contribution in [0.3, 0.4) is 0 Å². The first kappa shape index (κ1) is 13.7. The van der Waals surface area contributed by atoms with Gasteiger partial charge in [0.15, 0.2) is 0 Å². The maximum absolute atomic E-state index is 12.1. The highest BCUT2D eigenvalue weighted by molar-refractivity contribution is 5.91. The van der Waals surface area contributed by atoms with Crippen LogP contribution >= 0.6 is 0 Å². The van der Waals surface area contributed by atoms with Gasteiger partial charge in [0.1, 0.15) is 5.60 Å². The van der Waals surface area contributed by atoms with Gasteiger partial charge >= 0.3 is 6.09 Å². The Morgan fingerprint density at radius 2 is 2.16 bits per heavy atom. The number of anilines is 2. The SMILES string of the molecule is CCNc1ccc2c(c1)CCN2C(=O)OC(C)(C)C. The number of nitrogens with one attached hydrogen (secondary N) is 1. The molecule has 0 saturated heterocycles. The predicted octanol–water partition coefficient (Wildman–Crippen LogP) is 3.42. The van der Waals surface area contributed by atoms with Gasteiger partial charge in [-0.25, -0.2) is 4.79 Å². The minimum atomic E-state index is -0.455. The Morgan fingerprint density at radius 3 is 2.79 bits per heavy atom. The van der Waals surface area contributed by atoms with Crippen molar-refractivity contribution in [1.29, 1.82) is 0 Å². The largest absolute Gasteiger partial charge is 0.443 e. The van der Waals surface area contributed by atoms with Crippen molar-refractivity contribution in [2.24, 2.45) is 0 Å². The Balaban J connectivity index is 2.16. The smallest absolute Gasteiger partial charge is 0.414 e. The summed E-state index contributed by atoms with van der Waals surface area (Å²) in [7, 11) is 0. The van der Waals surface area contributed by atoms with Gasteiger partial charge in [-0.3, -0.25) is 4.90 Å². The molecule has 0 aliphatic carbocycles. The van der Waals surface area contributed by atoms with Gasteiger partial charge in [-0.15, -0.1) is 0 Å². The van der Waals surface area contributed by atoms with E-state index in [9.17, 15) is 4.79 Å². The molecule has 0 saturated carbocycles. The predicted molar refractivity (Wildman–Crippen MR) is 77.9 cm³/mol. The van der Waals surface area contributed by atoms with E-state index in [0.29, 0.717) is 6.54 Å². The van der Waals surface area contributed by atoms with Crippen LogP contribution in [0.2, 0.25) is 0 Å². The fourth-order valence-electron chi connectivity index (χ4n) is 2.22. The van der Waals surface area contributed by atoms with Crippen molar-refractivity contribution in [3.05, 3.63) is 23.8 Å². The number of fused-ring (bicyclic) bond motifs is 1. The minimum absolute atomic E-state index is 0.262. The second kappa shape index (κ2) is 5.11. The van der Waals surface area contributed by atoms with Gasteiger partial charge in [0, 0.05) is 18.8 Å². The first-order chi connectivity index (χ1) is 8.90. The van der Waals surface area contributed by atoms with Crippen molar-refractivity contribution in [2.45, 2.75) is 39.7 Å². The van der Waals surface area contributed by atoms with Gasteiger partial charge in [0.05, 0.1) is 5.69 Å². The molecule has 4 nitrogen and oxygen atoms in total. The molecule has 0 spiro atoms. The van der Waals surface area contributed by atoms with Crippen LogP contribution in [-0.4, -0.2) is 24.8 Å². The summed E-state index contributed by atoms with van der Waals surface area (Å²) in [5, 5.41) is 3.28. The molecule has 1 aliphatic rings. The maximum Gasteiger partial charge on any atom is 0.414 e. The Kier molecular flexibility index (Phi) is 3.69. The van der Waals surface area contributed by atoms with E-state index in [1.807, 2.05) is 32.9 Å². The summed E-state index contributed by atoms with van der Waals surface area (Å²) in [4.78, 5) is 13.8. The molecule has 1 N–H and O–H groups in total. The van der Waals surface area contributed by atoms with Crippen LogP contribution in [0.5, 0.6) is 0 Å². The van der Waals surface area contributed by atoms with Crippen molar-refractivity contribution >= 4 is 17.5 Å². The highest BCUT2D eigenvalue weighted by Crippen LogP contribution is 2.31. The second-order valence-electron chi connectivity index (χ2n) is 5.76. The quantitative estimate of drug-likeness (QED) is 0.888. The first-order valence-corrected chi connectivity index (χ1v) is 6.78. The number of carbonyl (C=O) groups is 1. The van der Waals surface area contributed by atoms with Crippen molar-refractivity contribution in [2.75, 3.05) is 23.3 Å². The highest BCUT2D eigenvalue weighted by Gasteiger charge is 2.28. The van der Waals surface area contributed by atoms with Crippen LogP contribution < -0.4 is 10.2 Å². The molecule has 0 unspecified atom stereocenters. The van der Waals surface area contributed by atoms with E-state index in [1.165, 1.54) is 5.56 Å². The van der Waals surface area contributed by atoms with Crippen LogP contribution in [0, 0.1) is 0 Å². The molecule has 1 aromatic rings. The van der Waals surface area contributed by atoms with Crippen molar-refractivity contribution in [3.8, 4) is 0 Å². The van der Waals surface area contributed by atoms with Crippen LogP contribution in [0.4, 0.5) is 16.2 Å². The van der Waals surface area contributed by atoms with Crippen LogP contribution in [0.1, 0.15) is 33.3 Å². The molecule has 4 heteroatoms. The van der Waals surface area contributed by atoms with E-state index < -0.39 is 5.60 Å². The molecule has 1 aliphatic heterocycles. The standard InChI is InChI=1S/C15H22N2O2/c1-5-16-12-6-7-13-11(10-12)8-9-17(13)14(18)19-15(2,3)4/h6-7,10,16H,5,8-9H2,1-4H3. The number of hydrogen-bond donors (Lipinski definition) is 1. The lowest BCUT2D eigenvalue weighted by Crippen LogP contribution is -2.35. The number of nitrogens with zero attached hydrogens (tertiary/aromatic N) is 1. The summed E-state index contributed by atoms with van der Waals surface area (Å²) >= 11 is 0. The van der Waals surface area contributed by atoms with Gasteiger partial charge in [-0.2, -0.15) is 0 Å². The second-order valence-corrected chi connectivity index (χ2v) is 5.76. The van der Waals surface area contributed by atoms with E-state index in [0.717, 1.165) is 24.3 Å². The molecule has 19 heavy (non-hydrogen) atoms. The third-order valence-corrected chi connectivity index (χ3v) is 2.97. The molecule has 2 rings (SSSR count). The number of carbonyl (C=O) groups excluding carboxylic acids is 1. The van der Waals surface area contributed by atoms with E-state index >= 15 is 0 Å². The number of amides is 1. The zero-order valence-corrected chi connectivity index (χ0v) is 12.1. The topological polar surface area (TPSA) is 41.6 Å². The van der Waals surface area contributed by atoms with Crippen molar-refractivity contribution in [3.63, 3.8) is 0 Å². The summed E-state index contributed by atoms with van der Waals surface area (Å²) in [6, 6.07) is 6.11. The van der Waals surface area contributed by atoms with Gasteiger partial charge in [0.2, 0.25) is 0 Å². The summed E-state index contributed by atoms with van der Waals surface area (Å²) in [5.74, 6) is 0. The van der Waals surface area contributed by atoms with Gasteiger partial charge in [-0.1, -0.05) is 0 Å². The monoisotopic (exact) mass is 262 g/mol. The molecule has 0 bridgehead atoms. The fourth-order valence-corrected chi connectivity index (χ4v) is 2.22. The van der Waals surface area contributed by atoms with E-state index in [-0.39, 0.29) is 6.09 Å².